The van der Waals surface area contributed by atoms with Gasteiger partial charge in [0.15, 0.2) is 5.25 Å². The number of fused-ring (bicyclic) bond motifs is 1. The first-order valence-corrected chi connectivity index (χ1v) is 12.8. The van der Waals surface area contributed by atoms with Crippen LogP contribution in [0.25, 0.3) is 0 Å². The minimum absolute atomic E-state index is 0.0434. The molecule has 2 heterocycles. The minimum Gasteiger partial charge on any atom is -0.341 e. The molecule has 0 unspecified atom stereocenters. The topological polar surface area (TPSA) is 95.6 Å². The maximum atomic E-state index is 13.3. The van der Waals surface area contributed by atoms with Crippen molar-refractivity contribution in [1.29, 1.82) is 0 Å². The van der Waals surface area contributed by atoms with E-state index in [4.69, 9.17) is 0 Å². The van der Waals surface area contributed by atoms with Gasteiger partial charge in [-0.3, -0.25) is 14.3 Å². The van der Waals surface area contributed by atoms with Crippen LogP contribution < -0.4 is 10.0 Å². The molecule has 7 nitrogen and oxygen atoms in total. The van der Waals surface area contributed by atoms with Crippen LogP contribution in [0.5, 0.6) is 0 Å². The van der Waals surface area contributed by atoms with Crippen molar-refractivity contribution in [3.8, 4) is 0 Å². The van der Waals surface area contributed by atoms with E-state index in [2.05, 4.69) is 10.0 Å². The van der Waals surface area contributed by atoms with E-state index >= 15 is 0 Å². The van der Waals surface area contributed by atoms with E-state index in [1.165, 1.54) is 30.3 Å². The number of aryl methyl sites for hydroxylation is 1. The normalized spacial score (nSPS) is 19.0. The van der Waals surface area contributed by atoms with Crippen molar-refractivity contribution in [2.24, 2.45) is 0 Å². The quantitative estimate of drug-likeness (QED) is 0.654. The van der Waals surface area contributed by atoms with Crippen molar-refractivity contribution in [3.63, 3.8) is 0 Å². The molecule has 1 fully saturated rings. The fourth-order valence-corrected chi connectivity index (χ4v) is 6.03. The fourth-order valence-electron chi connectivity index (χ4n) is 3.82. The molecular formula is C22H24FN3O4S2. The van der Waals surface area contributed by atoms with Gasteiger partial charge in [0.1, 0.15) is 5.82 Å². The van der Waals surface area contributed by atoms with Crippen LogP contribution >= 0.6 is 11.8 Å². The van der Waals surface area contributed by atoms with Crippen molar-refractivity contribution in [3.05, 3.63) is 47.8 Å². The van der Waals surface area contributed by atoms with Gasteiger partial charge in [0.05, 0.1) is 16.3 Å². The second-order valence-electron chi connectivity index (χ2n) is 7.95. The van der Waals surface area contributed by atoms with Crippen LogP contribution in [0.2, 0.25) is 0 Å². The number of thioether (sulfide) groups is 1. The Hall–Kier alpha value is -2.59. The lowest BCUT2D eigenvalue weighted by Crippen LogP contribution is -2.45. The van der Waals surface area contributed by atoms with E-state index in [1.54, 1.807) is 17.9 Å². The van der Waals surface area contributed by atoms with E-state index in [-0.39, 0.29) is 16.5 Å². The molecule has 10 heteroatoms. The van der Waals surface area contributed by atoms with Crippen LogP contribution in [0, 0.1) is 12.7 Å². The van der Waals surface area contributed by atoms with Crippen molar-refractivity contribution < 1.29 is 22.4 Å². The van der Waals surface area contributed by atoms with Crippen LogP contribution in [-0.4, -0.2) is 43.5 Å². The zero-order valence-electron chi connectivity index (χ0n) is 17.6. The lowest BCUT2D eigenvalue weighted by Gasteiger charge is -2.28. The lowest BCUT2D eigenvalue weighted by atomic mass is 10.2. The van der Waals surface area contributed by atoms with Crippen molar-refractivity contribution >= 4 is 45.0 Å². The second-order valence-corrected chi connectivity index (χ2v) is 10.8. The predicted molar refractivity (Wildman–Crippen MR) is 122 cm³/mol. The van der Waals surface area contributed by atoms with Crippen LogP contribution in [0.4, 0.5) is 15.8 Å². The van der Waals surface area contributed by atoms with E-state index in [0.29, 0.717) is 29.2 Å². The van der Waals surface area contributed by atoms with E-state index in [0.717, 1.165) is 37.4 Å². The highest BCUT2D eigenvalue weighted by Crippen LogP contribution is 2.38. The Morgan fingerprint density at radius 3 is 2.53 bits per heavy atom. The number of nitrogens with one attached hydrogen (secondary N) is 2. The number of nitrogens with zero attached hydrogens (tertiary/aromatic N) is 1. The summed E-state index contributed by atoms with van der Waals surface area (Å²) in [6, 6.07) is 8.16. The van der Waals surface area contributed by atoms with Gasteiger partial charge < -0.3 is 10.2 Å². The van der Waals surface area contributed by atoms with Crippen LogP contribution in [0.15, 0.2) is 46.2 Å². The first kappa shape index (κ1) is 22.6. The Bertz CT molecular complexity index is 1160. The fraction of sp³-hybridized carbons (Fsp3) is 0.364. The smallest absolute Gasteiger partial charge is 0.261 e. The summed E-state index contributed by atoms with van der Waals surface area (Å²) in [7, 11) is -3.96. The molecule has 0 aliphatic carbocycles. The molecule has 1 saturated heterocycles. The Labute approximate surface area is 190 Å². The maximum absolute atomic E-state index is 13.3. The average Bonchev–Trinajstić information content (AvgIpc) is 3.04. The average molecular weight is 478 g/mol. The van der Waals surface area contributed by atoms with Crippen LogP contribution in [0.3, 0.4) is 0 Å². The molecule has 170 valence electrons. The van der Waals surface area contributed by atoms with Gasteiger partial charge >= 0.3 is 0 Å². The van der Waals surface area contributed by atoms with Crippen LogP contribution in [-0.2, 0) is 19.6 Å². The molecule has 2 amide bonds. The molecule has 0 bridgehead atoms. The number of rotatable bonds is 4. The number of hydrogen-bond donors (Lipinski definition) is 2. The van der Waals surface area contributed by atoms with E-state index < -0.39 is 27.0 Å². The molecule has 0 aromatic heterocycles. The number of likely N-dealkylation sites (tertiary alicyclic amines) is 1. The van der Waals surface area contributed by atoms with Gasteiger partial charge in [0.25, 0.3) is 10.0 Å². The molecule has 2 aromatic rings. The summed E-state index contributed by atoms with van der Waals surface area (Å²) < 4.78 is 41.4. The summed E-state index contributed by atoms with van der Waals surface area (Å²) in [6.07, 6.45) is 4.03. The molecule has 0 saturated carbocycles. The van der Waals surface area contributed by atoms with Gasteiger partial charge in [-0.1, -0.05) is 12.8 Å². The number of anilines is 2. The standard InChI is InChI=1S/C22H24FN3O4S2/c1-14-12-15(23)6-8-17(14)25-32(29,30)16-7-9-19-18(13-16)24-21(27)20(31-19)22(28)26-10-4-2-3-5-11-26/h6-9,12-13,20,25H,2-5,10-11H2,1H3,(H,24,27)/t20-/m1/s1. The highest BCUT2D eigenvalue weighted by Gasteiger charge is 2.36. The summed E-state index contributed by atoms with van der Waals surface area (Å²) >= 11 is 1.14. The SMILES string of the molecule is Cc1cc(F)ccc1NS(=O)(=O)c1ccc2c(c1)NC(=O)[C@H](C(=O)N1CCCCCC1)S2. The highest BCUT2D eigenvalue weighted by atomic mass is 32.2. The summed E-state index contributed by atoms with van der Waals surface area (Å²) in [5.74, 6) is -1.11. The Balaban J connectivity index is 1.53. The van der Waals surface area contributed by atoms with Gasteiger partial charge in [-0.2, -0.15) is 0 Å². The number of benzene rings is 2. The largest absolute Gasteiger partial charge is 0.341 e. The van der Waals surface area contributed by atoms with Gasteiger partial charge in [0, 0.05) is 18.0 Å². The van der Waals surface area contributed by atoms with Crippen molar-refractivity contribution in [2.75, 3.05) is 23.1 Å². The third-order valence-corrected chi connectivity index (χ3v) is 8.20. The summed E-state index contributed by atoms with van der Waals surface area (Å²) in [5, 5.41) is 1.81. The predicted octanol–water partition coefficient (Wildman–Crippen LogP) is 3.75. The first-order valence-electron chi connectivity index (χ1n) is 10.4. The van der Waals surface area contributed by atoms with Gasteiger partial charge in [-0.15, -0.1) is 11.8 Å². The van der Waals surface area contributed by atoms with Gasteiger partial charge in [-0.05, 0) is 61.7 Å². The van der Waals surface area contributed by atoms with Crippen LogP contribution in [0.1, 0.15) is 31.2 Å². The highest BCUT2D eigenvalue weighted by molar-refractivity contribution is 8.01. The van der Waals surface area contributed by atoms with Gasteiger partial charge in [-0.25, -0.2) is 12.8 Å². The molecule has 2 N–H and O–H groups in total. The lowest BCUT2D eigenvalue weighted by molar-refractivity contribution is -0.133. The number of halogens is 1. The third-order valence-electron chi connectivity index (χ3n) is 5.58. The molecule has 2 aromatic carbocycles. The Morgan fingerprint density at radius 2 is 1.84 bits per heavy atom. The maximum Gasteiger partial charge on any atom is 0.261 e. The Morgan fingerprint density at radius 1 is 1.12 bits per heavy atom. The van der Waals surface area contributed by atoms with Gasteiger partial charge in [0.2, 0.25) is 11.8 Å². The molecule has 4 rings (SSSR count). The number of amides is 2. The zero-order chi connectivity index (χ0) is 22.9. The summed E-state index contributed by atoms with van der Waals surface area (Å²) in [4.78, 5) is 27.9. The van der Waals surface area contributed by atoms with E-state index in [1.807, 2.05) is 0 Å². The third kappa shape index (κ3) is 4.75. The zero-order valence-corrected chi connectivity index (χ0v) is 19.2. The van der Waals surface area contributed by atoms with E-state index in [9.17, 15) is 22.4 Å². The number of hydrogen-bond acceptors (Lipinski definition) is 5. The molecule has 0 spiro atoms. The first-order chi connectivity index (χ1) is 15.2. The minimum atomic E-state index is -3.96. The molecule has 2 aliphatic rings. The Kier molecular flexibility index (Phi) is 6.43. The number of sulfonamides is 1. The summed E-state index contributed by atoms with van der Waals surface area (Å²) in [5.41, 5.74) is 1.06. The molecular weight excluding hydrogens is 453 g/mol. The number of carbonyl (C=O) groups is 2. The second kappa shape index (κ2) is 9.11. The molecule has 2 aliphatic heterocycles. The molecule has 1 atom stereocenters. The molecule has 32 heavy (non-hydrogen) atoms. The van der Waals surface area contributed by atoms with Crippen molar-refractivity contribution in [2.45, 2.75) is 47.6 Å². The summed E-state index contributed by atoms with van der Waals surface area (Å²) in [6.45, 7) is 2.91. The van der Waals surface area contributed by atoms with Crippen molar-refractivity contribution in [1.82, 2.24) is 4.90 Å². The molecule has 0 radical (unpaired) electrons. The monoisotopic (exact) mass is 477 g/mol. The number of carbonyl (C=O) groups excluding carboxylic acids is 2.